The lowest BCUT2D eigenvalue weighted by molar-refractivity contribution is -0.146. The largest absolute Gasteiger partial charge is 0.481 e. The fraction of sp³-hybridized carbons (Fsp3) is 0.286. The predicted molar refractivity (Wildman–Crippen MR) is 74.3 cm³/mol. The van der Waals surface area contributed by atoms with Crippen LogP contribution in [0.15, 0.2) is 30.3 Å². The molecule has 0 heterocycles. The summed E-state index contributed by atoms with van der Waals surface area (Å²) in [5, 5.41) is 11.5. The standard InChI is InChI=1S/C14H18N2O3/c1-14(2,13(18)19)9-16-12(17)8-5-10-3-6-11(15)7-4-10/h3-8H,9,15H2,1-2H3,(H,16,17)(H,18,19)/b8-5+. The van der Waals surface area contributed by atoms with Crippen molar-refractivity contribution in [1.29, 1.82) is 0 Å². The summed E-state index contributed by atoms with van der Waals surface area (Å²) in [5.74, 6) is -1.28. The molecule has 0 bridgehead atoms. The number of amides is 1. The summed E-state index contributed by atoms with van der Waals surface area (Å²) in [4.78, 5) is 22.4. The molecule has 102 valence electrons. The number of benzene rings is 1. The summed E-state index contributed by atoms with van der Waals surface area (Å²) in [7, 11) is 0. The van der Waals surface area contributed by atoms with E-state index < -0.39 is 11.4 Å². The molecule has 0 aliphatic rings. The van der Waals surface area contributed by atoms with Crippen LogP contribution < -0.4 is 11.1 Å². The van der Waals surface area contributed by atoms with Crippen molar-refractivity contribution in [2.45, 2.75) is 13.8 Å². The number of nitrogen functional groups attached to an aromatic ring is 1. The van der Waals surface area contributed by atoms with Gasteiger partial charge in [-0.1, -0.05) is 12.1 Å². The highest BCUT2D eigenvalue weighted by Crippen LogP contribution is 2.13. The maximum atomic E-state index is 11.5. The number of hydrogen-bond donors (Lipinski definition) is 3. The van der Waals surface area contributed by atoms with Gasteiger partial charge in [0.1, 0.15) is 0 Å². The minimum Gasteiger partial charge on any atom is -0.481 e. The second-order valence-corrected chi connectivity index (χ2v) is 4.91. The van der Waals surface area contributed by atoms with Crippen LogP contribution >= 0.6 is 0 Å². The van der Waals surface area contributed by atoms with Gasteiger partial charge in [0.15, 0.2) is 0 Å². The van der Waals surface area contributed by atoms with Gasteiger partial charge in [0.25, 0.3) is 0 Å². The number of rotatable bonds is 5. The molecule has 0 spiro atoms. The summed E-state index contributed by atoms with van der Waals surface area (Å²) in [6, 6.07) is 7.07. The Morgan fingerprint density at radius 3 is 2.42 bits per heavy atom. The average molecular weight is 262 g/mol. The van der Waals surface area contributed by atoms with E-state index in [2.05, 4.69) is 5.32 Å². The first kappa shape index (κ1) is 14.8. The first-order valence-electron chi connectivity index (χ1n) is 5.86. The van der Waals surface area contributed by atoms with E-state index in [0.717, 1.165) is 5.56 Å². The molecule has 19 heavy (non-hydrogen) atoms. The molecule has 0 aromatic heterocycles. The van der Waals surface area contributed by atoms with Crippen LogP contribution in [0.2, 0.25) is 0 Å². The lowest BCUT2D eigenvalue weighted by Crippen LogP contribution is -2.38. The zero-order valence-electron chi connectivity index (χ0n) is 11.0. The molecule has 5 heteroatoms. The fourth-order valence-corrected chi connectivity index (χ4v) is 1.22. The van der Waals surface area contributed by atoms with Gasteiger partial charge in [0.05, 0.1) is 5.41 Å². The lowest BCUT2D eigenvalue weighted by Gasteiger charge is -2.18. The van der Waals surface area contributed by atoms with Crippen LogP contribution in [0.4, 0.5) is 5.69 Å². The maximum absolute atomic E-state index is 11.5. The van der Waals surface area contributed by atoms with E-state index in [0.29, 0.717) is 5.69 Å². The average Bonchev–Trinajstić information content (AvgIpc) is 2.35. The van der Waals surface area contributed by atoms with Crippen molar-refractivity contribution < 1.29 is 14.7 Å². The Morgan fingerprint density at radius 1 is 1.32 bits per heavy atom. The summed E-state index contributed by atoms with van der Waals surface area (Å²) in [6.07, 6.45) is 3.01. The summed E-state index contributed by atoms with van der Waals surface area (Å²) >= 11 is 0. The number of anilines is 1. The van der Waals surface area contributed by atoms with Crippen molar-refractivity contribution in [1.82, 2.24) is 5.32 Å². The summed E-state index contributed by atoms with van der Waals surface area (Å²) in [5.41, 5.74) is 6.07. The monoisotopic (exact) mass is 262 g/mol. The Bertz CT molecular complexity index is 490. The number of nitrogens with one attached hydrogen (secondary N) is 1. The van der Waals surface area contributed by atoms with E-state index in [1.807, 2.05) is 0 Å². The molecule has 1 amide bonds. The smallest absolute Gasteiger partial charge is 0.310 e. The quantitative estimate of drug-likeness (QED) is 0.554. The molecule has 0 radical (unpaired) electrons. The van der Waals surface area contributed by atoms with E-state index >= 15 is 0 Å². The third-order valence-electron chi connectivity index (χ3n) is 2.65. The number of carboxylic acids is 1. The van der Waals surface area contributed by atoms with Gasteiger partial charge in [0.2, 0.25) is 5.91 Å². The SMILES string of the molecule is CC(C)(CNC(=O)/C=C/c1ccc(N)cc1)C(=O)O. The molecule has 0 unspecified atom stereocenters. The van der Waals surface area contributed by atoms with Crippen LogP contribution in [-0.2, 0) is 9.59 Å². The van der Waals surface area contributed by atoms with Gasteiger partial charge in [-0.25, -0.2) is 0 Å². The first-order valence-corrected chi connectivity index (χ1v) is 5.86. The highest BCUT2D eigenvalue weighted by molar-refractivity contribution is 5.92. The number of hydrogen-bond acceptors (Lipinski definition) is 3. The lowest BCUT2D eigenvalue weighted by atomic mass is 9.94. The van der Waals surface area contributed by atoms with E-state index in [9.17, 15) is 9.59 Å². The number of carbonyl (C=O) groups is 2. The molecule has 5 nitrogen and oxygen atoms in total. The third kappa shape index (κ3) is 4.83. The topological polar surface area (TPSA) is 92.4 Å². The van der Waals surface area contributed by atoms with Gasteiger partial charge >= 0.3 is 5.97 Å². The summed E-state index contributed by atoms with van der Waals surface area (Å²) in [6.45, 7) is 3.19. The molecule has 1 aromatic rings. The Balaban J connectivity index is 2.52. The van der Waals surface area contributed by atoms with Crippen LogP contribution in [0.1, 0.15) is 19.4 Å². The Labute approximate surface area is 112 Å². The highest BCUT2D eigenvalue weighted by atomic mass is 16.4. The molecule has 0 saturated carbocycles. The van der Waals surface area contributed by atoms with Crippen molar-refractivity contribution in [3.63, 3.8) is 0 Å². The van der Waals surface area contributed by atoms with Crippen molar-refractivity contribution in [3.05, 3.63) is 35.9 Å². The van der Waals surface area contributed by atoms with Gasteiger partial charge in [0, 0.05) is 18.3 Å². The Kier molecular flexibility index (Phi) is 4.69. The van der Waals surface area contributed by atoms with Crippen molar-refractivity contribution in [2.24, 2.45) is 5.41 Å². The number of aliphatic carboxylic acids is 1. The molecular weight excluding hydrogens is 244 g/mol. The number of nitrogens with two attached hydrogens (primary N) is 1. The zero-order valence-corrected chi connectivity index (χ0v) is 11.0. The second-order valence-electron chi connectivity index (χ2n) is 4.91. The normalized spacial score (nSPS) is 11.5. The Morgan fingerprint density at radius 2 is 1.89 bits per heavy atom. The number of carboxylic acid groups (broad SMARTS) is 1. The minimum atomic E-state index is -0.981. The maximum Gasteiger partial charge on any atom is 0.310 e. The molecule has 0 aliphatic heterocycles. The highest BCUT2D eigenvalue weighted by Gasteiger charge is 2.27. The fourth-order valence-electron chi connectivity index (χ4n) is 1.22. The van der Waals surface area contributed by atoms with Crippen LogP contribution in [0.25, 0.3) is 6.08 Å². The van der Waals surface area contributed by atoms with Gasteiger partial charge < -0.3 is 16.2 Å². The van der Waals surface area contributed by atoms with Crippen molar-refractivity contribution in [2.75, 3.05) is 12.3 Å². The second kappa shape index (κ2) is 6.04. The molecular formula is C14H18N2O3. The van der Waals surface area contributed by atoms with Gasteiger partial charge in [-0.05, 0) is 37.6 Å². The third-order valence-corrected chi connectivity index (χ3v) is 2.65. The van der Waals surface area contributed by atoms with Crippen molar-refractivity contribution >= 4 is 23.6 Å². The molecule has 1 aromatic carbocycles. The molecule has 0 fully saturated rings. The number of carbonyl (C=O) groups excluding carboxylic acids is 1. The van der Waals surface area contributed by atoms with Crippen LogP contribution in [-0.4, -0.2) is 23.5 Å². The van der Waals surface area contributed by atoms with E-state index in [1.54, 1.807) is 44.2 Å². The Hall–Kier alpha value is -2.30. The molecule has 0 atom stereocenters. The van der Waals surface area contributed by atoms with Crippen LogP contribution in [0.3, 0.4) is 0 Å². The summed E-state index contributed by atoms with van der Waals surface area (Å²) < 4.78 is 0. The van der Waals surface area contributed by atoms with Gasteiger partial charge in [-0.15, -0.1) is 0 Å². The van der Waals surface area contributed by atoms with Gasteiger partial charge in [-0.3, -0.25) is 9.59 Å². The molecule has 1 rings (SSSR count). The molecule has 0 aliphatic carbocycles. The van der Waals surface area contributed by atoms with Crippen molar-refractivity contribution in [3.8, 4) is 0 Å². The van der Waals surface area contributed by atoms with E-state index in [4.69, 9.17) is 10.8 Å². The zero-order chi connectivity index (χ0) is 14.5. The molecule has 0 saturated heterocycles. The van der Waals surface area contributed by atoms with Crippen LogP contribution in [0, 0.1) is 5.41 Å². The first-order chi connectivity index (χ1) is 8.81. The minimum absolute atomic E-state index is 0.0766. The predicted octanol–water partition coefficient (Wildman–Crippen LogP) is 1.51. The van der Waals surface area contributed by atoms with Gasteiger partial charge in [-0.2, -0.15) is 0 Å². The van der Waals surface area contributed by atoms with E-state index in [1.165, 1.54) is 6.08 Å². The van der Waals surface area contributed by atoms with E-state index in [-0.39, 0.29) is 12.5 Å². The van der Waals surface area contributed by atoms with Crippen LogP contribution in [0.5, 0.6) is 0 Å². The molecule has 4 N–H and O–H groups in total.